The number of aliphatic hydroxyl groups excluding tert-OH is 11. The van der Waals surface area contributed by atoms with Crippen molar-refractivity contribution < 1.29 is 89.4 Å². The van der Waals surface area contributed by atoms with Gasteiger partial charge in [0.25, 0.3) is 0 Å². The molecule has 0 radical (unpaired) electrons. The minimum Gasteiger partial charge on any atom is -0.394 e. The molecule has 0 saturated carbocycles. The molecule has 3 aliphatic rings. The molecule has 17 unspecified atom stereocenters. The maximum Gasteiger partial charge on any atom is 0.220 e. The summed E-state index contributed by atoms with van der Waals surface area (Å²) in [6, 6.07) is -0.884. The van der Waals surface area contributed by atoms with Gasteiger partial charge in [0, 0.05) is 6.42 Å². The molecule has 19 heteroatoms. The summed E-state index contributed by atoms with van der Waals surface area (Å²) < 4.78 is 34.3. The van der Waals surface area contributed by atoms with Crippen molar-refractivity contribution in [3.63, 3.8) is 0 Å². The van der Waals surface area contributed by atoms with E-state index in [1.165, 1.54) is 154 Å². The number of hydrogen-bond acceptors (Lipinski definition) is 18. The van der Waals surface area contributed by atoms with Crippen molar-refractivity contribution >= 4 is 5.91 Å². The first-order chi connectivity index (χ1) is 44.8. The summed E-state index contributed by atoms with van der Waals surface area (Å²) in [6.45, 7) is 1.64. The van der Waals surface area contributed by atoms with Crippen LogP contribution in [0.15, 0.2) is 60.8 Å². The molecule has 17 atom stereocenters. The molecule has 0 spiro atoms. The highest BCUT2D eigenvalue weighted by Crippen LogP contribution is 2.33. The van der Waals surface area contributed by atoms with Crippen LogP contribution in [0.2, 0.25) is 0 Å². The summed E-state index contributed by atoms with van der Waals surface area (Å²) >= 11 is 0. The average molecular weight is 1310 g/mol. The van der Waals surface area contributed by atoms with Crippen LogP contribution >= 0.6 is 0 Å². The molecule has 12 N–H and O–H groups in total. The number of aliphatic hydroxyl groups is 11. The zero-order valence-electron chi connectivity index (χ0n) is 56.8. The summed E-state index contributed by atoms with van der Waals surface area (Å²) in [4.78, 5) is 13.4. The minimum absolute atomic E-state index is 0.243. The van der Waals surface area contributed by atoms with Gasteiger partial charge in [0.15, 0.2) is 18.9 Å². The van der Waals surface area contributed by atoms with E-state index in [0.29, 0.717) is 12.8 Å². The van der Waals surface area contributed by atoms with Crippen molar-refractivity contribution in [3.05, 3.63) is 60.8 Å². The summed E-state index contributed by atoms with van der Waals surface area (Å²) in [5.41, 5.74) is 0. The van der Waals surface area contributed by atoms with E-state index in [4.69, 9.17) is 28.4 Å². The molecule has 92 heavy (non-hydrogen) atoms. The van der Waals surface area contributed by atoms with Gasteiger partial charge in [-0.2, -0.15) is 0 Å². The van der Waals surface area contributed by atoms with E-state index in [1.807, 2.05) is 0 Å². The second-order valence-electron chi connectivity index (χ2n) is 26.0. The van der Waals surface area contributed by atoms with Crippen LogP contribution in [-0.4, -0.2) is 193 Å². The van der Waals surface area contributed by atoms with Crippen molar-refractivity contribution in [2.24, 2.45) is 0 Å². The van der Waals surface area contributed by atoms with Gasteiger partial charge in [-0.3, -0.25) is 4.79 Å². The summed E-state index contributed by atoms with van der Waals surface area (Å²) in [7, 11) is 0. The Balaban J connectivity index is 1.25. The third-order valence-electron chi connectivity index (χ3n) is 18.1. The van der Waals surface area contributed by atoms with E-state index in [-0.39, 0.29) is 18.9 Å². The molecule has 0 aromatic rings. The molecule has 536 valence electrons. The standard InChI is InChI=1S/C73H131NO18/c1-3-5-7-9-11-13-14-15-16-17-18-19-20-21-22-23-24-25-26-27-28-29-30-31-32-33-34-35-36-37-38-39-40-41-42-43-45-47-49-51-61(79)74-56(57(78)50-48-46-44-12-10-8-6-4-2)55-87-71-67(85)64(82)69(59(53-76)89-71)92-73-68(86)65(83)70(60(54-77)90-73)91-72-66(84)63(81)62(80)58(52-75)88-72/h5,7,11,13,15-16,18-19,21-22,56-60,62-73,75-78,80-86H,3-4,6,8-10,12,14,17,20,23-55H2,1-2H3,(H,74,79)/b7-5-,13-11-,16-15-,19-18-,22-21-. The fourth-order valence-corrected chi connectivity index (χ4v) is 12.2. The van der Waals surface area contributed by atoms with Gasteiger partial charge in [0.1, 0.15) is 73.2 Å². The lowest BCUT2D eigenvalue weighted by Gasteiger charge is -2.48. The normalized spacial score (nSPS) is 28.0. The molecular formula is C73H131NO18. The largest absolute Gasteiger partial charge is 0.394 e. The highest BCUT2D eigenvalue weighted by atomic mass is 16.8. The van der Waals surface area contributed by atoms with Gasteiger partial charge in [-0.25, -0.2) is 0 Å². The molecule has 0 aromatic heterocycles. The number of unbranched alkanes of at least 4 members (excludes halogenated alkanes) is 30. The van der Waals surface area contributed by atoms with Gasteiger partial charge in [0.2, 0.25) is 5.91 Å². The van der Waals surface area contributed by atoms with Crippen LogP contribution in [0.1, 0.15) is 264 Å². The number of carbonyl (C=O) groups is 1. The predicted molar refractivity (Wildman–Crippen MR) is 360 cm³/mol. The number of rotatable bonds is 56. The molecule has 3 saturated heterocycles. The second-order valence-corrected chi connectivity index (χ2v) is 26.0. The molecule has 0 bridgehead atoms. The number of ether oxygens (including phenoxy) is 6. The quantitative estimate of drug-likeness (QED) is 0.0199. The number of nitrogens with one attached hydrogen (secondary N) is 1. The molecule has 3 heterocycles. The van der Waals surface area contributed by atoms with Crippen LogP contribution in [0.25, 0.3) is 0 Å². The molecule has 1 amide bonds. The number of allylic oxidation sites excluding steroid dienone is 10. The number of hydrogen-bond donors (Lipinski definition) is 12. The Hall–Kier alpha value is -2.51. The Morgan fingerprint density at radius 3 is 1.17 bits per heavy atom. The Morgan fingerprint density at radius 1 is 0.402 bits per heavy atom. The van der Waals surface area contributed by atoms with E-state index in [9.17, 15) is 61.0 Å². The van der Waals surface area contributed by atoms with Crippen molar-refractivity contribution in [2.75, 3.05) is 26.4 Å². The Bertz CT molecular complexity index is 1900. The Kier molecular flexibility index (Phi) is 49.6. The lowest BCUT2D eigenvalue weighted by molar-refractivity contribution is -0.379. The zero-order valence-corrected chi connectivity index (χ0v) is 56.8. The van der Waals surface area contributed by atoms with Gasteiger partial charge in [-0.05, 0) is 57.8 Å². The molecule has 19 nitrogen and oxygen atoms in total. The van der Waals surface area contributed by atoms with E-state index >= 15 is 0 Å². The van der Waals surface area contributed by atoms with E-state index in [1.54, 1.807) is 0 Å². The fourth-order valence-electron chi connectivity index (χ4n) is 12.2. The van der Waals surface area contributed by atoms with Crippen LogP contribution < -0.4 is 5.32 Å². The molecule has 0 aliphatic carbocycles. The molecule has 3 rings (SSSR count). The van der Waals surface area contributed by atoms with Crippen LogP contribution in [0.3, 0.4) is 0 Å². The minimum atomic E-state index is -1.97. The van der Waals surface area contributed by atoms with Gasteiger partial charge in [-0.15, -0.1) is 0 Å². The van der Waals surface area contributed by atoms with Crippen LogP contribution in [0, 0.1) is 0 Å². The molecule has 3 fully saturated rings. The second kappa shape index (κ2) is 54.5. The first-order valence-corrected chi connectivity index (χ1v) is 36.5. The van der Waals surface area contributed by atoms with Gasteiger partial charge >= 0.3 is 0 Å². The molecule has 3 aliphatic heterocycles. The summed E-state index contributed by atoms with van der Waals surface area (Å²) in [6.07, 6.45) is 40.9. The number of carbonyl (C=O) groups excluding carboxylic acids is 1. The van der Waals surface area contributed by atoms with Crippen molar-refractivity contribution in [1.82, 2.24) is 5.32 Å². The van der Waals surface area contributed by atoms with E-state index in [0.717, 1.165) is 77.0 Å². The van der Waals surface area contributed by atoms with Gasteiger partial charge in [-0.1, -0.05) is 261 Å². The molecular weight excluding hydrogens is 1180 g/mol. The summed E-state index contributed by atoms with van der Waals surface area (Å²) in [5.74, 6) is -0.243. The van der Waals surface area contributed by atoms with Crippen LogP contribution in [0.5, 0.6) is 0 Å². The Labute approximate surface area is 554 Å². The van der Waals surface area contributed by atoms with E-state index in [2.05, 4.69) is 79.9 Å². The third kappa shape index (κ3) is 35.7. The maximum atomic E-state index is 13.4. The van der Waals surface area contributed by atoms with Gasteiger partial charge in [0.05, 0.1) is 38.6 Å². The lowest BCUT2D eigenvalue weighted by Crippen LogP contribution is -2.66. The highest BCUT2D eigenvalue weighted by molar-refractivity contribution is 5.76. The van der Waals surface area contributed by atoms with Crippen molar-refractivity contribution in [1.29, 1.82) is 0 Å². The maximum absolute atomic E-state index is 13.4. The lowest BCUT2D eigenvalue weighted by atomic mass is 9.96. The topological polar surface area (TPSA) is 307 Å². The SMILES string of the molecule is CC/C=C\C/C=C\C/C=C\C/C=C\C/C=C\CCCCCCCCCCCCCCCCCCCCCCCCCC(=O)NC(COC1OC(CO)C(OC2OC(CO)C(OC3OC(CO)C(O)C(O)C3O)C(O)C2O)C(O)C1O)C(O)CCCCCCCCCC. The highest BCUT2D eigenvalue weighted by Gasteiger charge is 2.53. The third-order valence-corrected chi connectivity index (χ3v) is 18.1. The fraction of sp³-hybridized carbons (Fsp3) is 0.849. The predicted octanol–water partition coefficient (Wildman–Crippen LogP) is 10.3. The zero-order chi connectivity index (χ0) is 66.8. The van der Waals surface area contributed by atoms with E-state index < -0.39 is 124 Å². The van der Waals surface area contributed by atoms with Crippen molar-refractivity contribution in [2.45, 2.75) is 369 Å². The van der Waals surface area contributed by atoms with Crippen LogP contribution in [-0.2, 0) is 33.2 Å². The first kappa shape index (κ1) is 83.7. The molecule has 0 aromatic carbocycles. The Morgan fingerprint density at radius 2 is 0.750 bits per heavy atom. The smallest absolute Gasteiger partial charge is 0.220 e. The van der Waals surface area contributed by atoms with Gasteiger partial charge < -0.3 is 89.9 Å². The number of amides is 1. The first-order valence-electron chi connectivity index (χ1n) is 36.5. The average Bonchev–Trinajstić information content (AvgIpc) is 0.830. The summed E-state index contributed by atoms with van der Waals surface area (Å²) in [5, 5.41) is 120. The monoisotopic (exact) mass is 1310 g/mol. The van der Waals surface area contributed by atoms with Crippen molar-refractivity contribution in [3.8, 4) is 0 Å². The van der Waals surface area contributed by atoms with Crippen LogP contribution in [0.4, 0.5) is 0 Å².